The molecule has 2 heterocycles. The second kappa shape index (κ2) is 6.20. The van der Waals surface area contributed by atoms with Gasteiger partial charge in [0, 0.05) is 25.9 Å². The molecular formula is C15H19NO6S. The molecule has 126 valence electrons. The topological polar surface area (TPSA) is 93.1 Å². The van der Waals surface area contributed by atoms with Gasteiger partial charge in [-0.3, -0.25) is 4.79 Å². The monoisotopic (exact) mass is 341 g/mol. The van der Waals surface area contributed by atoms with Gasteiger partial charge in [-0.25, -0.2) is 8.42 Å². The first-order chi connectivity index (χ1) is 10.9. The minimum absolute atomic E-state index is 0.124. The largest absolute Gasteiger partial charge is 0.481 e. The molecule has 2 aliphatic rings. The van der Waals surface area contributed by atoms with Crippen LogP contribution >= 0.6 is 0 Å². The lowest BCUT2D eigenvalue weighted by Gasteiger charge is -2.36. The summed E-state index contributed by atoms with van der Waals surface area (Å²) in [5.74, 6) is -1.56. The molecular weight excluding hydrogens is 322 g/mol. The van der Waals surface area contributed by atoms with Gasteiger partial charge in [0.15, 0.2) is 5.79 Å². The number of nitrogens with zero attached hydrogens (tertiary/aromatic N) is 1. The summed E-state index contributed by atoms with van der Waals surface area (Å²) in [7, 11) is -3.58. The lowest BCUT2D eigenvalue weighted by Crippen LogP contribution is -2.47. The molecule has 1 N–H and O–H groups in total. The number of benzene rings is 1. The van der Waals surface area contributed by atoms with Crippen molar-refractivity contribution >= 4 is 16.0 Å². The van der Waals surface area contributed by atoms with E-state index in [1.165, 1.54) is 28.6 Å². The minimum Gasteiger partial charge on any atom is -0.481 e. The summed E-state index contributed by atoms with van der Waals surface area (Å²) < 4.78 is 37.9. The summed E-state index contributed by atoms with van der Waals surface area (Å²) in [5, 5.41) is 8.75. The van der Waals surface area contributed by atoms with E-state index in [2.05, 4.69) is 0 Å². The molecule has 2 saturated heterocycles. The molecule has 0 aromatic heterocycles. The Hall–Kier alpha value is -1.48. The summed E-state index contributed by atoms with van der Waals surface area (Å²) in [4.78, 5) is 10.8. The summed E-state index contributed by atoms with van der Waals surface area (Å²) in [6.07, 6.45) is 0.911. The lowest BCUT2D eigenvalue weighted by molar-refractivity contribution is -0.179. The van der Waals surface area contributed by atoms with Crippen LogP contribution in [0, 0.1) is 0 Å². The molecule has 3 rings (SSSR count). The van der Waals surface area contributed by atoms with Gasteiger partial charge in [0.25, 0.3) is 0 Å². The van der Waals surface area contributed by atoms with E-state index in [0.29, 0.717) is 44.7 Å². The number of hydrogen-bond acceptors (Lipinski definition) is 5. The van der Waals surface area contributed by atoms with Gasteiger partial charge in [-0.05, 0) is 17.7 Å². The molecule has 23 heavy (non-hydrogen) atoms. The van der Waals surface area contributed by atoms with Gasteiger partial charge in [0.05, 0.1) is 24.5 Å². The molecule has 1 spiro atoms. The molecule has 0 saturated carbocycles. The highest BCUT2D eigenvalue weighted by atomic mass is 32.2. The summed E-state index contributed by atoms with van der Waals surface area (Å²) >= 11 is 0. The number of carboxylic acid groups (broad SMARTS) is 1. The quantitative estimate of drug-likeness (QED) is 0.872. The van der Waals surface area contributed by atoms with Crippen LogP contribution < -0.4 is 0 Å². The van der Waals surface area contributed by atoms with E-state index in [1.807, 2.05) is 0 Å². The number of aliphatic carboxylic acids is 1. The van der Waals surface area contributed by atoms with Crippen molar-refractivity contribution in [3.8, 4) is 0 Å². The number of carbonyl (C=O) groups is 1. The molecule has 1 aromatic carbocycles. The Labute approximate surface area is 134 Å². The zero-order valence-electron chi connectivity index (χ0n) is 12.6. The van der Waals surface area contributed by atoms with E-state index >= 15 is 0 Å². The Bertz CT molecular complexity index is 668. The summed E-state index contributed by atoms with van der Waals surface area (Å²) in [6.45, 7) is 1.80. The van der Waals surface area contributed by atoms with Crippen molar-refractivity contribution in [2.75, 3.05) is 26.3 Å². The Morgan fingerprint density at radius 1 is 1.13 bits per heavy atom. The van der Waals surface area contributed by atoms with Crippen LogP contribution in [-0.4, -0.2) is 55.9 Å². The Balaban J connectivity index is 1.70. The molecule has 2 fully saturated rings. The maximum absolute atomic E-state index is 12.7. The first-order valence-electron chi connectivity index (χ1n) is 7.50. The standard InChI is InChI=1S/C15H19NO6S/c17-14(18)11-12-1-3-13(4-2-12)23(19,20)16-7-5-15(6-8-16)21-9-10-22-15/h1-4H,5-11H2,(H,17,18). The first kappa shape index (κ1) is 16.4. The van der Waals surface area contributed by atoms with Crippen LogP contribution in [-0.2, 0) is 30.7 Å². The van der Waals surface area contributed by atoms with E-state index in [9.17, 15) is 13.2 Å². The Morgan fingerprint density at radius 3 is 2.22 bits per heavy atom. The van der Waals surface area contributed by atoms with Crippen LogP contribution in [0.1, 0.15) is 18.4 Å². The fraction of sp³-hybridized carbons (Fsp3) is 0.533. The number of ether oxygens (including phenoxy) is 2. The molecule has 1 aromatic rings. The van der Waals surface area contributed by atoms with Crippen molar-refractivity contribution < 1.29 is 27.8 Å². The maximum atomic E-state index is 12.7. The number of hydrogen-bond donors (Lipinski definition) is 1. The normalized spacial score (nSPS) is 21.6. The van der Waals surface area contributed by atoms with Gasteiger partial charge < -0.3 is 14.6 Å². The number of rotatable bonds is 4. The Morgan fingerprint density at radius 2 is 1.70 bits per heavy atom. The smallest absolute Gasteiger partial charge is 0.307 e. The van der Waals surface area contributed by atoms with Crippen molar-refractivity contribution in [3.05, 3.63) is 29.8 Å². The number of piperidine rings is 1. The van der Waals surface area contributed by atoms with Crippen molar-refractivity contribution in [1.29, 1.82) is 0 Å². The van der Waals surface area contributed by atoms with Gasteiger partial charge >= 0.3 is 5.97 Å². The molecule has 7 nitrogen and oxygen atoms in total. The third kappa shape index (κ3) is 3.40. The highest BCUT2D eigenvalue weighted by Gasteiger charge is 2.42. The van der Waals surface area contributed by atoms with Crippen LogP contribution in [0.4, 0.5) is 0 Å². The van der Waals surface area contributed by atoms with Gasteiger partial charge in [-0.1, -0.05) is 12.1 Å². The maximum Gasteiger partial charge on any atom is 0.307 e. The van der Waals surface area contributed by atoms with Gasteiger partial charge in [0.1, 0.15) is 0 Å². The van der Waals surface area contributed by atoms with Crippen molar-refractivity contribution in [3.63, 3.8) is 0 Å². The van der Waals surface area contributed by atoms with E-state index in [-0.39, 0.29) is 11.3 Å². The fourth-order valence-electron chi connectivity index (χ4n) is 2.96. The molecule has 0 bridgehead atoms. The SMILES string of the molecule is O=C(O)Cc1ccc(S(=O)(=O)N2CCC3(CC2)OCCO3)cc1. The van der Waals surface area contributed by atoms with Crippen LogP contribution in [0.15, 0.2) is 29.2 Å². The molecule has 0 aliphatic carbocycles. The third-order valence-electron chi connectivity index (χ3n) is 4.21. The van der Waals surface area contributed by atoms with Crippen molar-refractivity contribution in [2.45, 2.75) is 29.9 Å². The second-order valence-electron chi connectivity index (χ2n) is 5.73. The van der Waals surface area contributed by atoms with Crippen LogP contribution in [0.5, 0.6) is 0 Å². The molecule has 8 heteroatoms. The third-order valence-corrected chi connectivity index (χ3v) is 6.13. The molecule has 0 radical (unpaired) electrons. The zero-order chi connectivity index (χ0) is 16.5. The van der Waals surface area contributed by atoms with Gasteiger partial charge in [-0.2, -0.15) is 4.31 Å². The highest BCUT2D eigenvalue weighted by Crippen LogP contribution is 2.33. The molecule has 2 aliphatic heterocycles. The predicted octanol–water partition coefficient (Wildman–Crippen LogP) is 0.841. The van der Waals surface area contributed by atoms with E-state index < -0.39 is 21.8 Å². The second-order valence-corrected chi connectivity index (χ2v) is 7.66. The average Bonchev–Trinajstić information content (AvgIpc) is 2.96. The molecule has 0 unspecified atom stereocenters. The van der Waals surface area contributed by atoms with E-state index in [0.717, 1.165) is 0 Å². The summed E-state index contributed by atoms with van der Waals surface area (Å²) in [5.41, 5.74) is 0.571. The van der Waals surface area contributed by atoms with Crippen LogP contribution in [0.2, 0.25) is 0 Å². The van der Waals surface area contributed by atoms with Crippen LogP contribution in [0.25, 0.3) is 0 Å². The van der Waals surface area contributed by atoms with E-state index in [1.54, 1.807) is 0 Å². The van der Waals surface area contributed by atoms with E-state index in [4.69, 9.17) is 14.6 Å². The van der Waals surface area contributed by atoms with Crippen molar-refractivity contribution in [2.24, 2.45) is 0 Å². The van der Waals surface area contributed by atoms with Gasteiger partial charge in [-0.15, -0.1) is 0 Å². The predicted molar refractivity (Wildman–Crippen MR) is 80.4 cm³/mol. The average molecular weight is 341 g/mol. The molecule has 0 amide bonds. The minimum atomic E-state index is -3.58. The molecule has 0 atom stereocenters. The zero-order valence-corrected chi connectivity index (χ0v) is 13.4. The summed E-state index contributed by atoms with van der Waals surface area (Å²) in [6, 6.07) is 5.99. The number of carboxylic acids is 1. The van der Waals surface area contributed by atoms with Gasteiger partial charge in [0.2, 0.25) is 10.0 Å². The van der Waals surface area contributed by atoms with Crippen LogP contribution in [0.3, 0.4) is 0 Å². The van der Waals surface area contributed by atoms with Crippen molar-refractivity contribution in [1.82, 2.24) is 4.31 Å². The fourth-order valence-corrected chi connectivity index (χ4v) is 4.40. The highest BCUT2D eigenvalue weighted by molar-refractivity contribution is 7.89. The first-order valence-corrected chi connectivity index (χ1v) is 8.94. The Kier molecular flexibility index (Phi) is 4.41. The number of sulfonamides is 1. The lowest BCUT2D eigenvalue weighted by atomic mass is 10.1.